The molecule has 138 valence electrons. The van der Waals surface area contributed by atoms with Gasteiger partial charge in [0.05, 0.1) is 6.04 Å². The van der Waals surface area contributed by atoms with Gasteiger partial charge in [-0.25, -0.2) is 4.79 Å². The molecular weight excluding hydrogens is 348 g/mol. The van der Waals surface area contributed by atoms with Crippen molar-refractivity contribution < 1.29 is 14.7 Å². The first-order valence-electron chi connectivity index (χ1n) is 9.01. The maximum absolute atomic E-state index is 12.5. The Kier molecular flexibility index (Phi) is 6.28. The van der Waals surface area contributed by atoms with Crippen LogP contribution in [0.5, 0.6) is 0 Å². The van der Waals surface area contributed by atoms with E-state index >= 15 is 0 Å². The summed E-state index contributed by atoms with van der Waals surface area (Å²) in [5.41, 5.74) is 2.31. The van der Waals surface area contributed by atoms with Crippen molar-refractivity contribution in [1.82, 2.24) is 10.6 Å². The number of fused-ring (bicyclic) bond motifs is 1. The fraction of sp³-hybridized carbons (Fsp3) is 0.400. The fourth-order valence-electron chi connectivity index (χ4n) is 3.44. The summed E-state index contributed by atoms with van der Waals surface area (Å²) < 4.78 is 0. The molecule has 0 radical (unpaired) electrons. The van der Waals surface area contributed by atoms with Crippen molar-refractivity contribution in [3.05, 3.63) is 57.8 Å². The molecule has 2 unspecified atom stereocenters. The molecule has 1 aliphatic carbocycles. The molecule has 6 heteroatoms. The lowest BCUT2D eigenvalue weighted by Crippen LogP contribution is -2.45. The highest BCUT2D eigenvalue weighted by atomic mass is 32.1. The number of carbonyl (C=O) groups is 2. The number of carbonyl (C=O) groups excluding carboxylic acids is 1. The quantitative estimate of drug-likeness (QED) is 0.690. The molecule has 1 aromatic heterocycles. The van der Waals surface area contributed by atoms with Crippen molar-refractivity contribution in [2.24, 2.45) is 0 Å². The molecule has 26 heavy (non-hydrogen) atoms. The first-order valence-corrected chi connectivity index (χ1v) is 9.89. The number of rotatable bonds is 7. The number of aliphatic carboxylic acids is 1. The third-order valence-corrected chi connectivity index (χ3v) is 5.72. The van der Waals surface area contributed by atoms with Gasteiger partial charge in [0.1, 0.15) is 0 Å². The van der Waals surface area contributed by atoms with Crippen LogP contribution in [0.15, 0.2) is 41.8 Å². The SMILES string of the molecule is O=C(O)CCC(Cc1ccccc1)NC(=O)NC1CCCc2sccc21. The van der Waals surface area contributed by atoms with E-state index in [0.717, 1.165) is 24.8 Å². The van der Waals surface area contributed by atoms with Crippen LogP contribution in [0, 0.1) is 0 Å². The van der Waals surface area contributed by atoms with Gasteiger partial charge >= 0.3 is 12.0 Å². The molecule has 1 heterocycles. The maximum Gasteiger partial charge on any atom is 0.315 e. The average molecular weight is 372 g/mol. The molecule has 3 rings (SSSR count). The van der Waals surface area contributed by atoms with Crippen LogP contribution in [-0.4, -0.2) is 23.1 Å². The van der Waals surface area contributed by atoms with Crippen molar-refractivity contribution in [2.75, 3.05) is 0 Å². The van der Waals surface area contributed by atoms with E-state index in [2.05, 4.69) is 22.1 Å². The molecule has 0 bridgehead atoms. The molecule has 2 atom stereocenters. The van der Waals surface area contributed by atoms with Gasteiger partial charge in [0, 0.05) is 17.3 Å². The van der Waals surface area contributed by atoms with Gasteiger partial charge in [-0.05, 0) is 54.7 Å². The Bertz CT molecular complexity index is 745. The Labute approximate surface area is 157 Å². The molecule has 0 spiro atoms. The molecule has 0 fully saturated rings. The molecule has 5 nitrogen and oxygen atoms in total. The van der Waals surface area contributed by atoms with Gasteiger partial charge in [0.2, 0.25) is 0 Å². The van der Waals surface area contributed by atoms with E-state index in [1.807, 2.05) is 30.3 Å². The summed E-state index contributed by atoms with van der Waals surface area (Å²) in [5, 5.41) is 17.1. The molecule has 0 aliphatic heterocycles. The molecule has 0 saturated carbocycles. The topological polar surface area (TPSA) is 78.4 Å². The van der Waals surface area contributed by atoms with Gasteiger partial charge in [0.25, 0.3) is 0 Å². The molecule has 1 aliphatic rings. The summed E-state index contributed by atoms with van der Waals surface area (Å²) >= 11 is 1.75. The minimum Gasteiger partial charge on any atom is -0.481 e. The summed E-state index contributed by atoms with van der Waals surface area (Å²) in [6, 6.07) is 11.5. The minimum absolute atomic E-state index is 0.0376. The highest BCUT2D eigenvalue weighted by Gasteiger charge is 2.23. The average Bonchev–Trinajstić information content (AvgIpc) is 3.10. The van der Waals surface area contributed by atoms with Gasteiger partial charge in [0.15, 0.2) is 0 Å². The van der Waals surface area contributed by atoms with E-state index in [-0.39, 0.29) is 24.5 Å². The third kappa shape index (κ3) is 5.08. The summed E-state index contributed by atoms with van der Waals surface area (Å²) in [6.07, 6.45) is 4.17. The smallest absolute Gasteiger partial charge is 0.315 e. The number of hydrogen-bond donors (Lipinski definition) is 3. The largest absolute Gasteiger partial charge is 0.481 e. The summed E-state index contributed by atoms with van der Waals surface area (Å²) in [7, 11) is 0. The standard InChI is InChI=1S/C20H24N2O3S/c23-19(24)10-9-15(13-14-5-2-1-3-6-14)21-20(25)22-17-7-4-8-18-16(17)11-12-26-18/h1-3,5-6,11-12,15,17H,4,7-10,13H2,(H,23,24)(H2,21,22,25). The van der Waals surface area contributed by atoms with Crippen LogP contribution in [0.1, 0.15) is 47.7 Å². The zero-order valence-electron chi connectivity index (χ0n) is 14.6. The number of aryl methyl sites for hydroxylation is 1. The predicted octanol–water partition coefficient (Wildman–Crippen LogP) is 3.90. The summed E-state index contributed by atoms with van der Waals surface area (Å²) in [4.78, 5) is 24.8. The summed E-state index contributed by atoms with van der Waals surface area (Å²) in [5.74, 6) is -0.847. The normalized spacial score (nSPS) is 17.2. The van der Waals surface area contributed by atoms with Crippen LogP contribution < -0.4 is 10.6 Å². The Morgan fingerprint density at radius 3 is 2.81 bits per heavy atom. The zero-order valence-corrected chi connectivity index (χ0v) is 15.4. The number of hydrogen-bond acceptors (Lipinski definition) is 3. The highest BCUT2D eigenvalue weighted by molar-refractivity contribution is 7.10. The van der Waals surface area contributed by atoms with E-state index in [0.29, 0.717) is 12.8 Å². The molecule has 2 aromatic rings. The lowest BCUT2D eigenvalue weighted by atomic mass is 9.94. The van der Waals surface area contributed by atoms with E-state index in [1.165, 1.54) is 10.4 Å². The van der Waals surface area contributed by atoms with Crippen LogP contribution in [0.25, 0.3) is 0 Å². The lowest BCUT2D eigenvalue weighted by Gasteiger charge is -2.26. The van der Waals surface area contributed by atoms with Crippen molar-refractivity contribution in [3.8, 4) is 0 Å². The van der Waals surface area contributed by atoms with Gasteiger partial charge in [-0.1, -0.05) is 30.3 Å². The Morgan fingerprint density at radius 1 is 1.23 bits per heavy atom. The molecular formula is C20H24N2O3S. The van der Waals surface area contributed by atoms with Gasteiger partial charge in [-0.3, -0.25) is 4.79 Å². The van der Waals surface area contributed by atoms with Crippen LogP contribution >= 0.6 is 11.3 Å². The minimum atomic E-state index is -0.847. The molecule has 3 N–H and O–H groups in total. The summed E-state index contributed by atoms with van der Waals surface area (Å²) in [6.45, 7) is 0. The molecule has 2 amide bonds. The number of thiophene rings is 1. The van der Waals surface area contributed by atoms with Crippen molar-refractivity contribution in [1.29, 1.82) is 0 Å². The number of nitrogens with one attached hydrogen (secondary N) is 2. The van der Waals surface area contributed by atoms with Crippen LogP contribution in [0.2, 0.25) is 0 Å². The first-order chi connectivity index (χ1) is 12.6. The number of carboxylic acids is 1. The number of urea groups is 1. The highest BCUT2D eigenvalue weighted by Crippen LogP contribution is 2.33. The van der Waals surface area contributed by atoms with Gasteiger partial charge < -0.3 is 15.7 Å². The second-order valence-electron chi connectivity index (χ2n) is 6.68. The predicted molar refractivity (Wildman–Crippen MR) is 102 cm³/mol. The van der Waals surface area contributed by atoms with Crippen molar-refractivity contribution >= 4 is 23.3 Å². The number of benzene rings is 1. The van der Waals surface area contributed by atoms with Crippen LogP contribution in [0.4, 0.5) is 4.79 Å². The fourth-order valence-corrected chi connectivity index (χ4v) is 4.43. The Morgan fingerprint density at radius 2 is 2.04 bits per heavy atom. The Hall–Kier alpha value is -2.34. The van der Waals surface area contributed by atoms with E-state index < -0.39 is 5.97 Å². The van der Waals surface area contributed by atoms with Crippen molar-refractivity contribution in [3.63, 3.8) is 0 Å². The first kappa shape index (κ1) is 18.5. The molecule has 1 aromatic carbocycles. The van der Waals surface area contributed by atoms with Crippen LogP contribution in [-0.2, 0) is 17.6 Å². The molecule has 0 saturated heterocycles. The lowest BCUT2D eigenvalue weighted by molar-refractivity contribution is -0.137. The van der Waals surface area contributed by atoms with Gasteiger partial charge in [-0.2, -0.15) is 0 Å². The van der Waals surface area contributed by atoms with E-state index in [9.17, 15) is 9.59 Å². The maximum atomic E-state index is 12.5. The van der Waals surface area contributed by atoms with Crippen LogP contribution in [0.3, 0.4) is 0 Å². The third-order valence-electron chi connectivity index (χ3n) is 4.72. The zero-order chi connectivity index (χ0) is 18.4. The Balaban J connectivity index is 1.60. The monoisotopic (exact) mass is 372 g/mol. The van der Waals surface area contributed by atoms with E-state index in [1.54, 1.807) is 11.3 Å². The van der Waals surface area contributed by atoms with Crippen molar-refractivity contribution in [2.45, 2.75) is 50.6 Å². The number of amides is 2. The van der Waals surface area contributed by atoms with E-state index in [4.69, 9.17) is 5.11 Å². The second kappa shape index (κ2) is 8.85. The number of carboxylic acid groups (broad SMARTS) is 1. The second-order valence-corrected chi connectivity index (χ2v) is 7.68. The van der Waals surface area contributed by atoms with Gasteiger partial charge in [-0.15, -0.1) is 11.3 Å².